The lowest BCUT2D eigenvalue weighted by Crippen LogP contribution is -2.01. The highest BCUT2D eigenvalue weighted by Gasteiger charge is 2.03. The SMILES string of the molecule is COc1ccc(NCc2cccnc2)c(F)c1. The minimum absolute atomic E-state index is 0.326. The van der Waals surface area contributed by atoms with E-state index in [0.717, 1.165) is 5.56 Å². The normalized spacial score (nSPS) is 10.0. The van der Waals surface area contributed by atoms with Crippen LogP contribution in [0.25, 0.3) is 0 Å². The van der Waals surface area contributed by atoms with Gasteiger partial charge in [-0.1, -0.05) is 6.07 Å². The van der Waals surface area contributed by atoms with Gasteiger partial charge >= 0.3 is 0 Å². The Morgan fingerprint density at radius 2 is 2.24 bits per heavy atom. The molecular formula is C13H13FN2O. The summed E-state index contributed by atoms with van der Waals surface area (Å²) in [7, 11) is 1.51. The fourth-order valence-electron chi connectivity index (χ4n) is 1.47. The van der Waals surface area contributed by atoms with Gasteiger partial charge in [-0.15, -0.1) is 0 Å². The van der Waals surface area contributed by atoms with Crippen LogP contribution in [0.5, 0.6) is 5.75 Å². The molecular weight excluding hydrogens is 219 g/mol. The minimum atomic E-state index is -0.326. The van der Waals surface area contributed by atoms with E-state index < -0.39 is 0 Å². The first kappa shape index (κ1) is 11.4. The van der Waals surface area contributed by atoms with E-state index in [2.05, 4.69) is 10.3 Å². The number of anilines is 1. The van der Waals surface area contributed by atoms with Crippen LogP contribution in [0.3, 0.4) is 0 Å². The molecule has 0 amide bonds. The van der Waals surface area contributed by atoms with Crippen molar-refractivity contribution in [3.05, 3.63) is 54.1 Å². The Morgan fingerprint density at radius 1 is 1.35 bits per heavy atom. The molecule has 2 aromatic rings. The summed E-state index contributed by atoms with van der Waals surface area (Å²) in [4.78, 5) is 3.99. The average Bonchev–Trinajstić information content (AvgIpc) is 2.38. The van der Waals surface area contributed by atoms with Gasteiger partial charge in [0.1, 0.15) is 11.6 Å². The van der Waals surface area contributed by atoms with Crippen LogP contribution in [0, 0.1) is 5.82 Å². The van der Waals surface area contributed by atoms with Crippen LogP contribution in [-0.4, -0.2) is 12.1 Å². The molecule has 0 unspecified atom stereocenters. The quantitative estimate of drug-likeness (QED) is 0.880. The number of methoxy groups -OCH3 is 1. The fraction of sp³-hybridized carbons (Fsp3) is 0.154. The molecule has 0 fully saturated rings. The highest BCUT2D eigenvalue weighted by atomic mass is 19.1. The van der Waals surface area contributed by atoms with Crippen molar-refractivity contribution in [3.63, 3.8) is 0 Å². The fourth-order valence-corrected chi connectivity index (χ4v) is 1.47. The smallest absolute Gasteiger partial charge is 0.149 e. The van der Waals surface area contributed by atoms with Crippen LogP contribution in [0.2, 0.25) is 0 Å². The number of rotatable bonds is 4. The Hall–Kier alpha value is -2.10. The Balaban J connectivity index is 2.04. The van der Waals surface area contributed by atoms with Gasteiger partial charge in [0.05, 0.1) is 12.8 Å². The Morgan fingerprint density at radius 3 is 2.88 bits per heavy atom. The van der Waals surface area contributed by atoms with Crippen molar-refractivity contribution in [2.24, 2.45) is 0 Å². The summed E-state index contributed by atoms with van der Waals surface area (Å²) in [5.41, 5.74) is 1.46. The average molecular weight is 232 g/mol. The number of nitrogens with one attached hydrogen (secondary N) is 1. The first-order valence-electron chi connectivity index (χ1n) is 5.26. The van der Waals surface area contributed by atoms with Gasteiger partial charge in [-0.25, -0.2) is 4.39 Å². The number of hydrogen-bond donors (Lipinski definition) is 1. The van der Waals surface area contributed by atoms with Crippen molar-refractivity contribution < 1.29 is 9.13 Å². The van der Waals surface area contributed by atoms with E-state index >= 15 is 0 Å². The number of ether oxygens (including phenoxy) is 1. The van der Waals surface area contributed by atoms with Gasteiger partial charge in [-0.3, -0.25) is 4.98 Å². The zero-order valence-electron chi connectivity index (χ0n) is 9.48. The first-order valence-corrected chi connectivity index (χ1v) is 5.26. The molecule has 1 aromatic heterocycles. The predicted molar refractivity (Wildman–Crippen MR) is 64.5 cm³/mol. The molecule has 88 valence electrons. The standard InChI is InChI=1S/C13H13FN2O/c1-17-11-4-5-13(12(14)7-11)16-9-10-3-2-6-15-8-10/h2-8,16H,9H2,1H3. The lowest BCUT2D eigenvalue weighted by molar-refractivity contribution is 0.411. The topological polar surface area (TPSA) is 34.1 Å². The molecule has 0 aliphatic rings. The molecule has 3 nitrogen and oxygen atoms in total. The molecule has 0 saturated carbocycles. The maximum absolute atomic E-state index is 13.6. The summed E-state index contributed by atoms with van der Waals surface area (Å²) in [6.45, 7) is 0.539. The number of hydrogen-bond acceptors (Lipinski definition) is 3. The number of halogens is 1. The van der Waals surface area contributed by atoms with Crippen molar-refractivity contribution in [2.45, 2.75) is 6.54 Å². The summed E-state index contributed by atoms with van der Waals surface area (Å²) in [5.74, 6) is 0.183. The Bertz CT molecular complexity index is 488. The maximum atomic E-state index is 13.6. The summed E-state index contributed by atoms with van der Waals surface area (Å²) < 4.78 is 18.5. The molecule has 0 saturated heterocycles. The summed E-state index contributed by atoms with van der Waals surface area (Å²) >= 11 is 0. The van der Waals surface area contributed by atoms with E-state index in [1.54, 1.807) is 24.5 Å². The van der Waals surface area contributed by atoms with Gasteiger partial charge in [0.15, 0.2) is 0 Å². The van der Waals surface area contributed by atoms with Crippen LogP contribution < -0.4 is 10.1 Å². The molecule has 0 bridgehead atoms. The van der Waals surface area contributed by atoms with Crippen LogP contribution in [0.4, 0.5) is 10.1 Å². The van der Waals surface area contributed by atoms with Crippen molar-refractivity contribution in [1.29, 1.82) is 0 Å². The third kappa shape index (κ3) is 2.93. The summed E-state index contributed by atoms with van der Waals surface area (Å²) in [6, 6.07) is 8.51. The van der Waals surface area contributed by atoms with Gasteiger partial charge in [0.2, 0.25) is 0 Å². The number of nitrogens with zero attached hydrogens (tertiary/aromatic N) is 1. The highest BCUT2D eigenvalue weighted by molar-refractivity contribution is 5.48. The molecule has 0 atom stereocenters. The molecule has 17 heavy (non-hydrogen) atoms. The molecule has 0 aliphatic carbocycles. The van der Waals surface area contributed by atoms with Gasteiger partial charge in [0, 0.05) is 25.0 Å². The van der Waals surface area contributed by atoms with Crippen molar-refractivity contribution in [3.8, 4) is 5.75 Å². The molecule has 1 heterocycles. The number of benzene rings is 1. The molecule has 4 heteroatoms. The van der Waals surface area contributed by atoms with Gasteiger partial charge in [0.25, 0.3) is 0 Å². The first-order chi connectivity index (χ1) is 8.29. The van der Waals surface area contributed by atoms with E-state index in [-0.39, 0.29) is 5.82 Å². The minimum Gasteiger partial charge on any atom is -0.497 e. The van der Waals surface area contributed by atoms with Crippen molar-refractivity contribution in [1.82, 2.24) is 4.98 Å². The molecule has 0 spiro atoms. The molecule has 0 aliphatic heterocycles. The van der Waals surface area contributed by atoms with E-state index in [0.29, 0.717) is 18.0 Å². The van der Waals surface area contributed by atoms with Crippen LogP contribution in [0.15, 0.2) is 42.7 Å². The van der Waals surface area contributed by atoms with Crippen molar-refractivity contribution in [2.75, 3.05) is 12.4 Å². The van der Waals surface area contributed by atoms with E-state index in [1.165, 1.54) is 13.2 Å². The number of pyridine rings is 1. The third-order valence-electron chi connectivity index (χ3n) is 2.38. The predicted octanol–water partition coefficient (Wildman–Crippen LogP) is 2.84. The summed E-state index contributed by atoms with van der Waals surface area (Å²) in [6.07, 6.45) is 3.45. The van der Waals surface area contributed by atoms with Crippen molar-refractivity contribution >= 4 is 5.69 Å². The van der Waals surface area contributed by atoms with Crippen LogP contribution in [0.1, 0.15) is 5.56 Å². The van der Waals surface area contributed by atoms with E-state index in [1.807, 2.05) is 12.1 Å². The van der Waals surface area contributed by atoms with E-state index in [4.69, 9.17) is 4.74 Å². The molecule has 2 rings (SSSR count). The van der Waals surface area contributed by atoms with Gasteiger partial charge < -0.3 is 10.1 Å². The Labute approximate surface area is 99.3 Å². The monoisotopic (exact) mass is 232 g/mol. The molecule has 0 radical (unpaired) electrons. The summed E-state index contributed by atoms with van der Waals surface area (Å²) in [5, 5.41) is 3.01. The number of aromatic nitrogens is 1. The molecule has 1 aromatic carbocycles. The Kier molecular flexibility index (Phi) is 3.55. The largest absolute Gasteiger partial charge is 0.497 e. The van der Waals surface area contributed by atoms with Crippen LogP contribution in [-0.2, 0) is 6.54 Å². The van der Waals surface area contributed by atoms with Gasteiger partial charge in [-0.05, 0) is 23.8 Å². The second kappa shape index (κ2) is 5.30. The van der Waals surface area contributed by atoms with Crippen LogP contribution >= 0.6 is 0 Å². The van der Waals surface area contributed by atoms with Gasteiger partial charge in [-0.2, -0.15) is 0 Å². The second-order valence-corrected chi connectivity index (χ2v) is 3.56. The lowest BCUT2D eigenvalue weighted by atomic mass is 10.2. The second-order valence-electron chi connectivity index (χ2n) is 3.56. The zero-order valence-corrected chi connectivity index (χ0v) is 9.48. The maximum Gasteiger partial charge on any atom is 0.149 e. The zero-order chi connectivity index (χ0) is 12.1. The lowest BCUT2D eigenvalue weighted by Gasteiger charge is -2.08. The van der Waals surface area contributed by atoms with E-state index in [9.17, 15) is 4.39 Å². The highest BCUT2D eigenvalue weighted by Crippen LogP contribution is 2.20. The third-order valence-corrected chi connectivity index (χ3v) is 2.38. The molecule has 1 N–H and O–H groups in total.